The van der Waals surface area contributed by atoms with Gasteiger partial charge in [0.2, 0.25) is 0 Å². The van der Waals surface area contributed by atoms with E-state index in [2.05, 4.69) is 24.0 Å². The topological polar surface area (TPSA) is 40.5 Å². The van der Waals surface area contributed by atoms with Crippen LogP contribution in [0.25, 0.3) is 0 Å². The third-order valence-corrected chi connectivity index (χ3v) is 4.43. The number of benzene rings is 1. The second kappa shape index (κ2) is 5.74. The van der Waals surface area contributed by atoms with E-state index in [9.17, 15) is 9.90 Å². The van der Waals surface area contributed by atoms with E-state index in [1.807, 2.05) is 25.1 Å². The Morgan fingerprint density at radius 1 is 1.42 bits per heavy atom. The number of hydrogen-bond donors (Lipinski definition) is 1. The van der Waals surface area contributed by atoms with Gasteiger partial charge in [-0.05, 0) is 44.7 Å². The van der Waals surface area contributed by atoms with Gasteiger partial charge in [-0.1, -0.05) is 37.3 Å². The maximum Gasteiger partial charge on any atom is 0.324 e. The summed E-state index contributed by atoms with van der Waals surface area (Å²) in [6, 6.07) is 10.6. The van der Waals surface area contributed by atoms with Crippen molar-refractivity contribution in [2.45, 2.75) is 51.1 Å². The molecule has 1 heterocycles. The van der Waals surface area contributed by atoms with E-state index in [0.717, 1.165) is 25.8 Å². The summed E-state index contributed by atoms with van der Waals surface area (Å²) in [6.07, 6.45) is 3.36. The Bertz CT molecular complexity index is 432. The molecular weight excluding hydrogens is 238 g/mol. The largest absolute Gasteiger partial charge is 0.480 e. The van der Waals surface area contributed by atoms with Crippen LogP contribution in [-0.4, -0.2) is 34.1 Å². The van der Waals surface area contributed by atoms with Crippen molar-refractivity contribution in [3.05, 3.63) is 35.9 Å². The minimum absolute atomic E-state index is 0.265. The molecule has 1 aromatic carbocycles. The molecule has 2 rings (SSSR count). The number of carbonyl (C=O) groups is 1. The predicted octanol–water partition coefficient (Wildman–Crippen LogP) is 2.95. The average molecular weight is 261 g/mol. The molecule has 0 aromatic heterocycles. The van der Waals surface area contributed by atoms with Gasteiger partial charge in [-0.3, -0.25) is 9.69 Å². The summed E-state index contributed by atoms with van der Waals surface area (Å²) in [4.78, 5) is 13.9. The first-order valence-corrected chi connectivity index (χ1v) is 7.14. The van der Waals surface area contributed by atoms with E-state index >= 15 is 0 Å². The highest BCUT2D eigenvalue weighted by Gasteiger charge is 2.47. The molecule has 2 unspecified atom stereocenters. The maximum absolute atomic E-state index is 11.7. The Kier molecular flexibility index (Phi) is 4.25. The van der Waals surface area contributed by atoms with Crippen molar-refractivity contribution < 1.29 is 9.90 Å². The molecule has 0 bridgehead atoms. The quantitative estimate of drug-likeness (QED) is 0.886. The van der Waals surface area contributed by atoms with Gasteiger partial charge >= 0.3 is 5.97 Å². The lowest BCUT2D eigenvalue weighted by molar-refractivity contribution is -0.151. The number of hydrogen-bond acceptors (Lipinski definition) is 2. The Balaban J connectivity index is 2.14. The van der Waals surface area contributed by atoms with Crippen LogP contribution in [0.15, 0.2) is 30.3 Å². The van der Waals surface area contributed by atoms with Crippen LogP contribution < -0.4 is 0 Å². The van der Waals surface area contributed by atoms with Crippen LogP contribution >= 0.6 is 0 Å². The van der Waals surface area contributed by atoms with Crippen molar-refractivity contribution >= 4 is 5.97 Å². The van der Waals surface area contributed by atoms with Crippen LogP contribution in [0.3, 0.4) is 0 Å². The first-order chi connectivity index (χ1) is 9.10. The fourth-order valence-electron chi connectivity index (χ4n) is 3.37. The molecule has 0 radical (unpaired) electrons. The first-order valence-electron chi connectivity index (χ1n) is 7.14. The van der Waals surface area contributed by atoms with Crippen molar-refractivity contribution in [3.8, 4) is 0 Å². The number of carboxylic acids is 1. The molecule has 1 aliphatic heterocycles. The van der Waals surface area contributed by atoms with E-state index in [-0.39, 0.29) is 6.04 Å². The minimum atomic E-state index is -0.660. The lowest BCUT2D eigenvalue weighted by atomic mass is 9.91. The lowest BCUT2D eigenvalue weighted by Gasteiger charge is -2.38. The van der Waals surface area contributed by atoms with Gasteiger partial charge in [-0.15, -0.1) is 0 Å². The van der Waals surface area contributed by atoms with Gasteiger partial charge in [0.05, 0.1) is 0 Å². The zero-order valence-corrected chi connectivity index (χ0v) is 11.8. The number of aliphatic carboxylic acids is 1. The van der Waals surface area contributed by atoms with Gasteiger partial charge in [0.15, 0.2) is 0 Å². The van der Waals surface area contributed by atoms with Crippen LogP contribution in [0, 0.1) is 0 Å². The van der Waals surface area contributed by atoms with Crippen LogP contribution in [0.2, 0.25) is 0 Å². The molecule has 1 aliphatic rings. The van der Waals surface area contributed by atoms with Gasteiger partial charge in [-0.25, -0.2) is 0 Å². The summed E-state index contributed by atoms with van der Waals surface area (Å²) < 4.78 is 0. The van der Waals surface area contributed by atoms with Crippen molar-refractivity contribution in [2.24, 2.45) is 0 Å². The molecule has 1 saturated heterocycles. The third kappa shape index (κ3) is 2.66. The monoisotopic (exact) mass is 261 g/mol. The van der Waals surface area contributed by atoms with E-state index in [1.54, 1.807) is 0 Å². The van der Waals surface area contributed by atoms with Gasteiger partial charge in [0.1, 0.15) is 5.54 Å². The zero-order valence-electron chi connectivity index (χ0n) is 11.8. The summed E-state index contributed by atoms with van der Waals surface area (Å²) >= 11 is 0. The van der Waals surface area contributed by atoms with Crippen LogP contribution in [-0.2, 0) is 11.2 Å². The Morgan fingerprint density at radius 2 is 2.11 bits per heavy atom. The predicted molar refractivity (Wildman–Crippen MR) is 76.2 cm³/mol. The van der Waals surface area contributed by atoms with Crippen molar-refractivity contribution in [1.29, 1.82) is 0 Å². The van der Waals surface area contributed by atoms with Crippen molar-refractivity contribution in [3.63, 3.8) is 0 Å². The Hall–Kier alpha value is -1.35. The van der Waals surface area contributed by atoms with Gasteiger partial charge in [-0.2, -0.15) is 0 Å². The molecule has 104 valence electrons. The second-order valence-corrected chi connectivity index (χ2v) is 5.53. The summed E-state index contributed by atoms with van der Waals surface area (Å²) in [7, 11) is 0. The van der Waals surface area contributed by atoms with E-state index in [4.69, 9.17) is 0 Å². The summed E-state index contributed by atoms with van der Waals surface area (Å²) in [5, 5.41) is 9.61. The first kappa shape index (κ1) is 14.1. The molecule has 3 heteroatoms. The number of likely N-dealkylation sites (tertiary alicyclic amines) is 1. The molecule has 0 spiro atoms. The molecule has 0 amide bonds. The molecule has 1 fully saturated rings. The van der Waals surface area contributed by atoms with Crippen molar-refractivity contribution in [1.82, 2.24) is 4.90 Å². The van der Waals surface area contributed by atoms with E-state index in [1.165, 1.54) is 5.56 Å². The fourth-order valence-corrected chi connectivity index (χ4v) is 3.37. The highest BCUT2D eigenvalue weighted by molar-refractivity contribution is 5.79. The van der Waals surface area contributed by atoms with Crippen LogP contribution in [0.1, 0.15) is 38.7 Å². The third-order valence-electron chi connectivity index (χ3n) is 4.43. The highest BCUT2D eigenvalue weighted by atomic mass is 16.4. The fraction of sp³-hybridized carbons (Fsp3) is 0.562. The molecule has 2 atom stereocenters. The molecule has 0 saturated carbocycles. The highest BCUT2D eigenvalue weighted by Crippen LogP contribution is 2.35. The van der Waals surface area contributed by atoms with Gasteiger partial charge in [0.25, 0.3) is 0 Å². The Labute approximate surface area is 115 Å². The SMILES string of the molecule is CCC1(C(=O)O)CCCN1C(C)Cc1ccccc1. The smallest absolute Gasteiger partial charge is 0.324 e. The minimum Gasteiger partial charge on any atom is -0.480 e. The summed E-state index contributed by atoms with van der Waals surface area (Å²) in [6.45, 7) is 5.03. The molecule has 0 aliphatic carbocycles. The normalized spacial score (nSPS) is 25.4. The Morgan fingerprint density at radius 3 is 2.68 bits per heavy atom. The number of nitrogens with zero attached hydrogens (tertiary/aromatic N) is 1. The van der Waals surface area contributed by atoms with E-state index in [0.29, 0.717) is 6.42 Å². The molecule has 1 aromatic rings. The molecule has 1 N–H and O–H groups in total. The van der Waals surface area contributed by atoms with Crippen LogP contribution in [0.4, 0.5) is 0 Å². The summed E-state index contributed by atoms with van der Waals surface area (Å²) in [5.41, 5.74) is 0.631. The molecule has 3 nitrogen and oxygen atoms in total. The van der Waals surface area contributed by atoms with Crippen LogP contribution in [0.5, 0.6) is 0 Å². The van der Waals surface area contributed by atoms with Gasteiger partial charge in [0, 0.05) is 6.04 Å². The zero-order chi connectivity index (χ0) is 13.9. The summed E-state index contributed by atoms with van der Waals surface area (Å²) in [5.74, 6) is -0.660. The maximum atomic E-state index is 11.7. The van der Waals surface area contributed by atoms with Gasteiger partial charge < -0.3 is 5.11 Å². The molecule has 19 heavy (non-hydrogen) atoms. The number of rotatable bonds is 5. The second-order valence-electron chi connectivity index (χ2n) is 5.53. The average Bonchev–Trinajstić information content (AvgIpc) is 2.85. The number of carboxylic acid groups (broad SMARTS) is 1. The van der Waals surface area contributed by atoms with Crippen molar-refractivity contribution in [2.75, 3.05) is 6.54 Å². The lowest BCUT2D eigenvalue weighted by Crippen LogP contribution is -2.54. The molecular formula is C16H23NO2. The standard InChI is InChI=1S/C16H23NO2/c1-3-16(15(18)19)10-7-11-17(16)13(2)12-14-8-5-4-6-9-14/h4-6,8-9,13H,3,7,10-12H2,1-2H3,(H,18,19). The van der Waals surface area contributed by atoms with E-state index < -0.39 is 11.5 Å².